The smallest absolute Gasteiger partial charge is 0.153 e. The molecule has 22 heavy (non-hydrogen) atoms. The molecule has 1 heterocycles. The van der Waals surface area contributed by atoms with E-state index in [-0.39, 0.29) is 5.92 Å². The molecule has 0 aliphatic heterocycles. The number of benzene rings is 2. The second-order valence-electron chi connectivity index (χ2n) is 5.28. The van der Waals surface area contributed by atoms with Crippen molar-refractivity contribution in [3.63, 3.8) is 0 Å². The lowest BCUT2D eigenvalue weighted by atomic mass is 10.1. The molecule has 0 bridgehead atoms. The van der Waals surface area contributed by atoms with Crippen LogP contribution < -0.4 is 4.74 Å². The lowest BCUT2D eigenvalue weighted by molar-refractivity contribution is 0.487. The van der Waals surface area contributed by atoms with Crippen molar-refractivity contribution < 1.29 is 4.74 Å². The van der Waals surface area contributed by atoms with Crippen LogP contribution >= 0.6 is 0 Å². The summed E-state index contributed by atoms with van der Waals surface area (Å²) in [5.41, 5.74) is 1.74. The Bertz CT molecular complexity index is 822. The van der Waals surface area contributed by atoms with Gasteiger partial charge in [0.15, 0.2) is 5.75 Å². The number of hydrogen-bond donors (Lipinski definition) is 0. The van der Waals surface area contributed by atoms with Crippen LogP contribution in [0.1, 0.15) is 12.6 Å². The summed E-state index contributed by atoms with van der Waals surface area (Å²) < 4.78 is 5.95. The minimum absolute atomic E-state index is 0.0489. The molecule has 0 radical (unpaired) electrons. The molecular weight excluding hydrogens is 272 g/mol. The van der Waals surface area contributed by atoms with Crippen LogP contribution in [0, 0.1) is 17.2 Å². The van der Waals surface area contributed by atoms with Crippen LogP contribution in [0.3, 0.4) is 0 Å². The molecule has 0 fully saturated rings. The molecule has 1 atom stereocenters. The van der Waals surface area contributed by atoms with Crippen LogP contribution in [-0.2, 0) is 6.42 Å². The molecule has 2 aromatic carbocycles. The van der Waals surface area contributed by atoms with E-state index in [1.165, 1.54) is 0 Å². The number of hydrogen-bond acceptors (Lipinski definition) is 3. The Morgan fingerprint density at radius 2 is 1.86 bits per heavy atom. The van der Waals surface area contributed by atoms with Crippen molar-refractivity contribution >= 4 is 10.9 Å². The molecule has 0 aliphatic carbocycles. The number of rotatable bonds is 4. The summed E-state index contributed by atoms with van der Waals surface area (Å²) in [6, 6.07) is 21.8. The highest BCUT2D eigenvalue weighted by molar-refractivity contribution is 5.84. The van der Waals surface area contributed by atoms with Crippen molar-refractivity contribution in [1.82, 2.24) is 4.98 Å². The number of aromatic nitrogens is 1. The van der Waals surface area contributed by atoms with Gasteiger partial charge in [0.25, 0.3) is 0 Å². The molecule has 1 aromatic heterocycles. The van der Waals surface area contributed by atoms with E-state index in [9.17, 15) is 0 Å². The number of nitrogens with zero attached hydrogens (tertiary/aromatic N) is 2. The standard InChI is InChI=1S/C19H16N2O/c1-14(13-20)12-16-11-10-15-6-5-9-18(19(15)21-16)22-17-7-3-2-4-8-17/h2-11,14H,12H2,1H3. The fourth-order valence-corrected chi connectivity index (χ4v) is 2.33. The van der Waals surface area contributed by atoms with E-state index >= 15 is 0 Å². The van der Waals surface area contributed by atoms with Gasteiger partial charge in [-0.3, -0.25) is 0 Å². The second-order valence-corrected chi connectivity index (χ2v) is 5.28. The van der Waals surface area contributed by atoms with Crippen LogP contribution in [0.5, 0.6) is 11.5 Å². The molecule has 3 heteroatoms. The topological polar surface area (TPSA) is 45.9 Å². The highest BCUT2D eigenvalue weighted by atomic mass is 16.5. The monoisotopic (exact) mass is 288 g/mol. The van der Waals surface area contributed by atoms with Gasteiger partial charge in [0.2, 0.25) is 0 Å². The van der Waals surface area contributed by atoms with Crippen molar-refractivity contribution in [2.75, 3.05) is 0 Å². The summed E-state index contributed by atoms with van der Waals surface area (Å²) in [5.74, 6) is 1.47. The molecule has 0 amide bonds. The maximum absolute atomic E-state index is 8.96. The van der Waals surface area contributed by atoms with Crippen LogP contribution in [0.15, 0.2) is 60.7 Å². The van der Waals surface area contributed by atoms with E-state index < -0.39 is 0 Å². The molecule has 0 spiro atoms. The van der Waals surface area contributed by atoms with Gasteiger partial charge in [-0.2, -0.15) is 5.26 Å². The fraction of sp³-hybridized carbons (Fsp3) is 0.158. The fourth-order valence-electron chi connectivity index (χ4n) is 2.33. The zero-order valence-electron chi connectivity index (χ0n) is 12.4. The van der Waals surface area contributed by atoms with Gasteiger partial charge >= 0.3 is 0 Å². The number of ether oxygens (including phenoxy) is 1. The highest BCUT2D eigenvalue weighted by Gasteiger charge is 2.08. The minimum atomic E-state index is -0.0489. The summed E-state index contributed by atoms with van der Waals surface area (Å²) >= 11 is 0. The quantitative estimate of drug-likeness (QED) is 0.697. The van der Waals surface area contributed by atoms with Crippen molar-refractivity contribution in [3.8, 4) is 17.6 Å². The molecule has 3 rings (SSSR count). The lowest BCUT2D eigenvalue weighted by Gasteiger charge is -2.10. The summed E-state index contributed by atoms with van der Waals surface area (Å²) in [6.07, 6.45) is 0.645. The van der Waals surface area contributed by atoms with Crippen LogP contribution in [0.25, 0.3) is 10.9 Å². The largest absolute Gasteiger partial charge is 0.455 e. The Labute approximate surface area is 129 Å². The molecular formula is C19H16N2O. The van der Waals surface area contributed by atoms with Crippen molar-refractivity contribution in [3.05, 3.63) is 66.4 Å². The lowest BCUT2D eigenvalue weighted by Crippen LogP contribution is -1.99. The zero-order valence-corrected chi connectivity index (χ0v) is 12.4. The van der Waals surface area contributed by atoms with Gasteiger partial charge < -0.3 is 4.74 Å². The predicted octanol–water partition coefficient (Wildman–Crippen LogP) is 4.73. The third-order valence-corrected chi connectivity index (χ3v) is 3.45. The third-order valence-electron chi connectivity index (χ3n) is 3.45. The van der Waals surface area contributed by atoms with Crippen LogP contribution in [0.2, 0.25) is 0 Å². The molecule has 3 nitrogen and oxygen atoms in total. The Kier molecular flexibility index (Phi) is 4.02. The van der Waals surface area contributed by atoms with Gasteiger partial charge in [-0.1, -0.05) is 36.4 Å². The molecule has 0 N–H and O–H groups in total. The maximum Gasteiger partial charge on any atom is 0.153 e. The summed E-state index contributed by atoms with van der Waals surface area (Å²) in [6.45, 7) is 1.90. The number of fused-ring (bicyclic) bond motifs is 1. The first kappa shape index (κ1) is 14.1. The van der Waals surface area contributed by atoms with Gasteiger partial charge in [-0.05, 0) is 31.2 Å². The van der Waals surface area contributed by atoms with Gasteiger partial charge in [0.1, 0.15) is 11.3 Å². The average Bonchev–Trinajstić information content (AvgIpc) is 2.56. The van der Waals surface area contributed by atoms with Crippen molar-refractivity contribution in [1.29, 1.82) is 5.26 Å². The van der Waals surface area contributed by atoms with Crippen molar-refractivity contribution in [2.45, 2.75) is 13.3 Å². The summed E-state index contributed by atoms with van der Waals surface area (Å²) in [5, 5.41) is 9.99. The molecule has 0 aliphatic rings. The molecule has 1 unspecified atom stereocenters. The number of pyridine rings is 1. The van der Waals surface area contributed by atoms with Gasteiger partial charge in [-0.25, -0.2) is 4.98 Å². The Morgan fingerprint density at radius 1 is 1.05 bits per heavy atom. The van der Waals surface area contributed by atoms with Gasteiger partial charge in [0.05, 0.1) is 6.07 Å². The van der Waals surface area contributed by atoms with E-state index in [0.29, 0.717) is 6.42 Å². The normalized spacial score (nSPS) is 11.8. The molecule has 0 saturated carbocycles. The maximum atomic E-state index is 8.96. The SMILES string of the molecule is CC(C#N)Cc1ccc2cccc(Oc3ccccc3)c2n1. The predicted molar refractivity (Wildman–Crippen MR) is 86.7 cm³/mol. The third kappa shape index (κ3) is 3.07. The Hall–Kier alpha value is -2.86. The van der Waals surface area contributed by atoms with E-state index in [1.54, 1.807) is 0 Å². The van der Waals surface area contributed by atoms with E-state index in [0.717, 1.165) is 28.1 Å². The molecule has 108 valence electrons. The van der Waals surface area contributed by atoms with Gasteiger partial charge in [0, 0.05) is 23.4 Å². The molecule has 0 saturated heterocycles. The Morgan fingerprint density at radius 3 is 2.64 bits per heavy atom. The summed E-state index contributed by atoms with van der Waals surface area (Å²) in [7, 11) is 0. The van der Waals surface area contributed by atoms with E-state index in [2.05, 4.69) is 11.1 Å². The number of para-hydroxylation sites is 2. The second kappa shape index (κ2) is 6.28. The van der Waals surface area contributed by atoms with Gasteiger partial charge in [-0.15, -0.1) is 0 Å². The minimum Gasteiger partial charge on any atom is -0.455 e. The number of nitriles is 1. The van der Waals surface area contributed by atoms with E-state index in [1.807, 2.05) is 67.6 Å². The van der Waals surface area contributed by atoms with Crippen LogP contribution in [-0.4, -0.2) is 4.98 Å². The summed E-state index contributed by atoms with van der Waals surface area (Å²) in [4.78, 5) is 4.68. The van der Waals surface area contributed by atoms with Crippen molar-refractivity contribution in [2.24, 2.45) is 5.92 Å². The zero-order chi connectivity index (χ0) is 15.4. The first-order valence-corrected chi connectivity index (χ1v) is 7.27. The van der Waals surface area contributed by atoms with E-state index in [4.69, 9.17) is 10.00 Å². The molecule has 3 aromatic rings. The Balaban J connectivity index is 1.99. The highest BCUT2D eigenvalue weighted by Crippen LogP contribution is 2.28. The first-order chi connectivity index (χ1) is 10.8. The van der Waals surface area contributed by atoms with Crippen LogP contribution in [0.4, 0.5) is 0 Å². The first-order valence-electron chi connectivity index (χ1n) is 7.27. The average molecular weight is 288 g/mol.